The predicted molar refractivity (Wildman–Crippen MR) is 149 cm³/mol. The van der Waals surface area contributed by atoms with Crippen LogP contribution in [-0.4, -0.2) is 70.7 Å². The highest BCUT2D eigenvalue weighted by molar-refractivity contribution is 6.07. The van der Waals surface area contributed by atoms with Crippen LogP contribution in [0, 0.1) is 0 Å². The SMILES string of the molecule is O=C(NCC(=O)N1CC2(C[C@H]1C(=O)NCc1cc3cnccc3[nH]1)OCCO2)c1ccc2c(c1)oc1ccccc12. The van der Waals surface area contributed by atoms with Crippen LogP contribution in [0.2, 0.25) is 0 Å². The molecule has 5 aromatic rings. The Morgan fingerprint density at radius 1 is 1.00 bits per heavy atom. The van der Waals surface area contributed by atoms with Crippen LogP contribution < -0.4 is 10.6 Å². The van der Waals surface area contributed by atoms with Gasteiger partial charge in [0.25, 0.3) is 5.91 Å². The Labute approximate surface area is 233 Å². The number of pyridine rings is 1. The van der Waals surface area contributed by atoms with Gasteiger partial charge in [-0.2, -0.15) is 0 Å². The molecule has 2 aliphatic rings. The van der Waals surface area contributed by atoms with Crippen molar-refractivity contribution < 1.29 is 28.3 Å². The molecule has 3 amide bonds. The Morgan fingerprint density at radius 3 is 2.68 bits per heavy atom. The number of carbonyl (C=O) groups excluding carboxylic acids is 3. The van der Waals surface area contributed by atoms with E-state index in [2.05, 4.69) is 20.6 Å². The quantitative estimate of drug-likeness (QED) is 0.294. The maximum Gasteiger partial charge on any atom is 0.251 e. The molecule has 41 heavy (non-hydrogen) atoms. The van der Waals surface area contributed by atoms with Crippen molar-refractivity contribution in [1.82, 2.24) is 25.5 Å². The van der Waals surface area contributed by atoms with E-state index in [0.29, 0.717) is 24.4 Å². The van der Waals surface area contributed by atoms with E-state index in [-0.39, 0.29) is 32.0 Å². The van der Waals surface area contributed by atoms with E-state index in [0.717, 1.165) is 33.0 Å². The molecule has 3 N–H and O–H groups in total. The largest absolute Gasteiger partial charge is 0.456 e. The summed E-state index contributed by atoms with van der Waals surface area (Å²) in [4.78, 5) is 48.4. The van der Waals surface area contributed by atoms with Crippen molar-refractivity contribution in [2.75, 3.05) is 26.3 Å². The number of carbonyl (C=O) groups is 3. The lowest BCUT2D eigenvalue weighted by Crippen LogP contribution is -2.49. The number of furan rings is 1. The minimum Gasteiger partial charge on any atom is -0.456 e. The fourth-order valence-corrected chi connectivity index (χ4v) is 5.70. The van der Waals surface area contributed by atoms with Crippen LogP contribution in [0.1, 0.15) is 22.5 Å². The van der Waals surface area contributed by atoms with E-state index in [1.54, 1.807) is 24.5 Å². The highest BCUT2D eigenvalue weighted by Gasteiger charge is 2.52. The van der Waals surface area contributed by atoms with Gasteiger partial charge in [-0.3, -0.25) is 19.4 Å². The number of hydrogen-bond acceptors (Lipinski definition) is 7. The molecule has 0 bridgehead atoms. The average molecular weight is 554 g/mol. The monoisotopic (exact) mass is 553 g/mol. The zero-order chi connectivity index (χ0) is 28.0. The summed E-state index contributed by atoms with van der Waals surface area (Å²) in [5.41, 5.74) is 3.43. The molecule has 2 fully saturated rings. The molecule has 0 saturated carbocycles. The number of H-pyrrole nitrogens is 1. The van der Waals surface area contributed by atoms with Crippen molar-refractivity contribution in [3.63, 3.8) is 0 Å². The third kappa shape index (κ3) is 4.68. The van der Waals surface area contributed by atoms with Crippen molar-refractivity contribution in [2.45, 2.75) is 24.8 Å². The van der Waals surface area contributed by atoms with Gasteiger partial charge in [0.15, 0.2) is 5.79 Å². The molecule has 11 nitrogen and oxygen atoms in total. The normalized spacial score (nSPS) is 18.0. The fourth-order valence-electron chi connectivity index (χ4n) is 5.70. The maximum absolute atomic E-state index is 13.3. The minimum absolute atomic E-state index is 0.1000. The topological polar surface area (TPSA) is 139 Å². The second-order valence-electron chi connectivity index (χ2n) is 10.3. The number of aromatic nitrogens is 2. The number of fused-ring (bicyclic) bond motifs is 4. The number of nitrogens with one attached hydrogen (secondary N) is 3. The lowest BCUT2D eigenvalue weighted by atomic mass is 10.1. The Bertz CT molecular complexity index is 1770. The Balaban J connectivity index is 1.03. The van der Waals surface area contributed by atoms with Crippen LogP contribution in [0.4, 0.5) is 0 Å². The molecule has 5 heterocycles. The summed E-state index contributed by atoms with van der Waals surface area (Å²) in [6.07, 6.45) is 3.65. The standard InChI is InChI=1S/C30H27N5O6/c36-27(16-33-28(37)18-5-6-22-21-3-1-2-4-25(21)41-26(22)12-18)35-17-30(39-9-10-40-30)13-24(35)29(38)32-15-20-11-19-14-31-8-7-23(19)34-20/h1-8,11-12,14,24,34H,9-10,13,15-17H2,(H,32,38)(H,33,37)/t24-/m0/s1. The summed E-state index contributed by atoms with van der Waals surface area (Å²) in [5.74, 6) is -2.18. The van der Waals surface area contributed by atoms with E-state index in [4.69, 9.17) is 13.9 Å². The molecule has 0 aliphatic carbocycles. The van der Waals surface area contributed by atoms with Crippen molar-refractivity contribution >= 4 is 50.6 Å². The summed E-state index contributed by atoms with van der Waals surface area (Å²) in [6.45, 7) is 0.845. The molecule has 208 valence electrons. The molecule has 11 heteroatoms. The van der Waals surface area contributed by atoms with Gasteiger partial charge in [0.2, 0.25) is 11.8 Å². The first kappa shape index (κ1) is 25.2. The molecule has 2 saturated heterocycles. The van der Waals surface area contributed by atoms with E-state index < -0.39 is 23.6 Å². The average Bonchev–Trinajstić information content (AvgIpc) is 3.79. The highest BCUT2D eigenvalue weighted by atomic mass is 16.7. The van der Waals surface area contributed by atoms with Gasteiger partial charge in [0.05, 0.1) is 32.8 Å². The number of nitrogens with zero attached hydrogens (tertiary/aromatic N) is 2. The van der Waals surface area contributed by atoms with Crippen molar-refractivity contribution in [3.05, 3.63) is 78.2 Å². The van der Waals surface area contributed by atoms with Gasteiger partial charge >= 0.3 is 0 Å². The molecule has 1 atom stereocenters. The van der Waals surface area contributed by atoms with E-state index in [1.807, 2.05) is 42.5 Å². The zero-order valence-corrected chi connectivity index (χ0v) is 22.0. The zero-order valence-electron chi connectivity index (χ0n) is 22.0. The second kappa shape index (κ2) is 10.0. The van der Waals surface area contributed by atoms with Crippen molar-refractivity contribution in [3.8, 4) is 0 Å². The molecule has 1 spiro atoms. The molecular weight excluding hydrogens is 526 g/mol. The lowest BCUT2D eigenvalue weighted by Gasteiger charge is -2.24. The van der Waals surface area contributed by atoms with Crippen LogP contribution in [0.3, 0.4) is 0 Å². The summed E-state index contributed by atoms with van der Waals surface area (Å²) in [6, 6.07) is 15.8. The molecular formula is C30H27N5O6. The Hall–Kier alpha value is -4.74. The van der Waals surface area contributed by atoms with Gasteiger partial charge in [-0.1, -0.05) is 18.2 Å². The van der Waals surface area contributed by atoms with Crippen LogP contribution in [0.25, 0.3) is 32.8 Å². The van der Waals surface area contributed by atoms with Crippen LogP contribution in [0.5, 0.6) is 0 Å². The molecule has 0 unspecified atom stereocenters. The number of rotatable bonds is 6. The highest BCUT2D eigenvalue weighted by Crippen LogP contribution is 2.35. The number of para-hydroxylation sites is 1. The number of aromatic amines is 1. The van der Waals surface area contributed by atoms with Gasteiger partial charge in [0, 0.05) is 51.7 Å². The van der Waals surface area contributed by atoms with Crippen LogP contribution in [0.15, 0.2) is 71.4 Å². The third-order valence-corrected chi connectivity index (χ3v) is 7.70. The first-order chi connectivity index (χ1) is 20.0. The molecule has 0 radical (unpaired) electrons. The van der Waals surface area contributed by atoms with Crippen LogP contribution >= 0.6 is 0 Å². The number of amides is 3. The van der Waals surface area contributed by atoms with Gasteiger partial charge in [-0.25, -0.2) is 0 Å². The Kier molecular flexibility index (Phi) is 6.17. The smallest absolute Gasteiger partial charge is 0.251 e. The van der Waals surface area contributed by atoms with E-state index in [9.17, 15) is 14.4 Å². The van der Waals surface area contributed by atoms with Crippen LogP contribution in [-0.2, 0) is 25.6 Å². The summed E-state index contributed by atoms with van der Waals surface area (Å²) < 4.78 is 17.5. The minimum atomic E-state index is -1.03. The maximum atomic E-state index is 13.3. The third-order valence-electron chi connectivity index (χ3n) is 7.70. The lowest BCUT2D eigenvalue weighted by molar-refractivity contribution is -0.152. The molecule has 7 rings (SSSR count). The van der Waals surface area contributed by atoms with E-state index in [1.165, 1.54) is 4.90 Å². The summed E-state index contributed by atoms with van der Waals surface area (Å²) >= 11 is 0. The number of ether oxygens (including phenoxy) is 2. The van der Waals surface area contributed by atoms with Crippen molar-refractivity contribution in [2.24, 2.45) is 0 Å². The number of hydrogen-bond donors (Lipinski definition) is 3. The first-order valence-electron chi connectivity index (χ1n) is 13.4. The summed E-state index contributed by atoms with van der Waals surface area (Å²) in [7, 11) is 0. The van der Waals surface area contributed by atoms with Gasteiger partial charge < -0.3 is 34.4 Å². The van der Waals surface area contributed by atoms with Gasteiger partial charge in [-0.05, 0) is 36.4 Å². The van der Waals surface area contributed by atoms with E-state index >= 15 is 0 Å². The number of likely N-dealkylation sites (tertiary alicyclic amines) is 1. The Morgan fingerprint density at radius 2 is 1.83 bits per heavy atom. The van der Waals surface area contributed by atoms with Gasteiger partial charge in [0.1, 0.15) is 17.2 Å². The van der Waals surface area contributed by atoms with Gasteiger partial charge in [-0.15, -0.1) is 0 Å². The van der Waals surface area contributed by atoms with Crippen molar-refractivity contribution in [1.29, 1.82) is 0 Å². The summed E-state index contributed by atoms with van der Waals surface area (Å²) in [5, 5.41) is 8.42. The molecule has 3 aromatic heterocycles. The number of benzene rings is 2. The predicted octanol–water partition coefficient (Wildman–Crippen LogP) is 2.85. The molecule has 2 aromatic carbocycles. The first-order valence-corrected chi connectivity index (χ1v) is 13.4. The molecule has 2 aliphatic heterocycles. The fraction of sp³-hybridized carbons (Fsp3) is 0.267. The second-order valence-corrected chi connectivity index (χ2v) is 10.3.